The maximum absolute atomic E-state index is 6.29. The van der Waals surface area contributed by atoms with E-state index in [4.69, 9.17) is 12.8 Å². The standard InChI is InChI=1S/C24H30BN7/c1-24-8-16-5-17(9-24)21(18(6-16)10-24)30-22-20(25)11-27-23(31-22)29-19-4-2-3-15(7-19)12-32-14-26-13-28-32/h2-4,7,11,14,16-18,21,28H,5-6,8-10,12-13H2,1H3,(H2,27,29,30,31). The number of anilines is 3. The quantitative estimate of drug-likeness (QED) is 0.616. The molecule has 4 saturated carbocycles. The van der Waals surface area contributed by atoms with Crippen molar-refractivity contribution in [2.75, 3.05) is 17.3 Å². The van der Waals surface area contributed by atoms with Crippen LogP contribution in [0.5, 0.6) is 0 Å². The molecule has 7 rings (SSSR count). The van der Waals surface area contributed by atoms with Crippen LogP contribution >= 0.6 is 0 Å². The molecule has 5 aliphatic rings. The maximum Gasteiger partial charge on any atom is 0.229 e. The molecule has 0 spiro atoms. The molecule has 1 aromatic heterocycles. The van der Waals surface area contributed by atoms with Gasteiger partial charge in [0.05, 0.1) is 6.54 Å². The predicted octanol–water partition coefficient (Wildman–Crippen LogP) is 2.95. The van der Waals surface area contributed by atoms with Gasteiger partial charge < -0.3 is 10.6 Å². The third-order valence-electron chi connectivity index (χ3n) is 7.82. The van der Waals surface area contributed by atoms with Crippen LogP contribution in [0.2, 0.25) is 0 Å². The summed E-state index contributed by atoms with van der Waals surface area (Å²) in [5, 5.41) is 9.08. The maximum atomic E-state index is 6.29. The predicted molar refractivity (Wildman–Crippen MR) is 128 cm³/mol. The Labute approximate surface area is 190 Å². The molecular formula is C24H30BN7. The van der Waals surface area contributed by atoms with Crippen LogP contribution in [0, 0.1) is 23.2 Å². The van der Waals surface area contributed by atoms with Crippen LogP contribution in [0.1, 0.15) is 44.6 Å². The highest BCUT2D eigenvalue weighted by atomic mass is 15.6. The lowest BCUT2D eigenvalue weighted by molar-refractivity contribution is -0.0505. The highest BCUT2D eigenvalue weighted by Crippen LogP contribution is 2.60. The lowest BCUT2D eigenvalue weighted by Crippen LogP contribution is -2.55. The minimum atomic E-state index is 0.475. The van der Waals surface area contributed by atoms with Crippen LogP contribution in [0.3, 0.4) is 0 Å². The molecule has 2 radical (unpaired) electrons. The first-order valence-electron chi connectivity index (χ1n) is 11.8. The van der Waals surface area contributed by atoms with E-state index < -0.39 is 0 Å². The fourth-order valence-electron chi connectivity index (χ4n) is 6.87. The highest BCUT2D eigenvalue weighted by molar-refractivity contribution is 6.35. The lowest BCUT2D eigenvalue weighted by Gasteiger charge is -2.59. The fraction of sp³-hybridized carbons (Fsp3) is 0.542. The molecule has 4 fully saturated rings. The van der Waals surface area contributed by atoms with Crippen molar-refractivity contribution in [2.24, 2.45) is 28.2 Å². The van der Waals surface area contributed by atoms with E-state index in [2.05, 4.69) is 45.1 Å². The van der Waals surface area contributed by atoms with Gasteiger partial charge in [-0.15, -0.1) is 0 Å². The molecule has 2 atom stereocenters. The second-order valence-electron chi connectivity index (χ2n) is 10.5. The zero-order valence-corrected chi connectivity index (χ0v) is 18.6. The van der Waals surface area contributed by atoms with Gasteiger partial charge in [0.15, 0.2) is 0 Å². The Morgan fingerprint density at radius 1 is 1.22 bits per heavy atom. The van der Waals surface area contributed by atoms with Crippen molar-refractivity contribution < 1.29 is 0 Å². The average molecular weight is 427 g/mol. The monoisotopic (exact) mass is 427 g/mol. The van der Waals surface area contributed by atoms with Gasteiger partial charge in [-0.2, -0.15) is 4.98 Å². The van der Waals surface area contributed by atoms with E-state index in [1.54, 1.807) is 6.20 Å². The summed E-state index contributed by atoms with van der Waals surface area (Å²) in [6, 6.07) is 8.75. The van der Waals surface area contributed by atoms with Crippen molar-refractivity contribution in [3.05, 3.63) is 36.0 Å². The summed E-state index contributed by atoms with van der Waals surface area (Å²) in [5.41, 5.74) is 6.49. The third-order valence-corrected chi connectivity index (χ3v) is 7.82. The second kappa shape index (κ2) is 7.76. The molecule has 7 nitrogen and oxygen atoms in total. The van der Waals surface area contributed by atoms with Crippen molar-refractivity contribution in [3.63, 3.8) is 0 Å². The molecule has 0 amide bonds. The first-order valence-corrected chi connectivity index (χ1v) is 11.8. The van der Waals surface area contributed by atoms with Crippen LogP contribution in [-0.4, -0.2) is 41.9 Å². The number of benzene rings is 1. The van der Waals surface area contributed by atoms with Gasteiger partial charge in [-0.25, -0.2) is 10.4 Å². The van der Waals surface area contributed by atoms with Gasteiger partial charge in [-0.1, -0.05) is 19.1 Å². The van der Waals surface area contributed by atoms with Crippen LogP contribution in [0.25, 0.3) is 0 Å². The van der Waals surface area contributed by atoms with Crippen LogP contribution in [0.4, 0.5) is 17.5 Å². The summed E-state index contributed by atoms with van der Waals surface area (Å²) in [5.74, 6) is 3.71. The summed E-state index contributed by atoms with van der Waals surface area (Å²) >= 11 is 0. The molecule has 8 heteroatoms. The first-order chi connectivity index (χ1) is 15.5. The normalized spacial score (nSPS) is 32.5. The summed E-state index contributed by atoms with van der Waals surface area (Å²) in [4.78, 5) is 13.4. The van der Waals surface area contributed by atoms with Crippen molar-refractivity contribution in [3.8, 4) is 0 Å². The molecule has 1 aromatic carbocycles. The number of hydrogen-bond acceptors (Lipinski definition) is 7. The Morgan fingerprint density at radius 3 is 2.81 bits per heavy atom. The van der Waals surface area contributed by atoms with E-state index in [0.717, 1.165) is 35.8 Å². The minimum Gasteiger partial charge on any atom is -0.367 e. The number of nitrogens with zero attached hydrogens (tertiary/aromatic N) is 4. The fourth-order valence-corrected chi connectivity index (χ4v) is 6.87. The number of hydrogen-bond donors (Lipinski definition) is 3. The number of nitrogens with one attached hydrogen (secondary N) is 3. The van der Waals surface area contributed by atoms with Gasteiger partial charge in [0.2, 0.25) is 5.95 Å². The molecule has 0 saturated heterocycles. The highest BCUT2D eigenvalue weighted by Gasteiger charge is 2.53. The molecule has 4 bridgehead atoms. The number of aliphatic imine (C=N–C) groups is 1. The number of aromatic nitrogens is 2. The average Bonchev–Trinajstić information content (AvgIpc) is 3.25. The van der Waals surface area contributed by atoms with Crippen LogP contribution < -0.4 is 21.5 Å². The summed E-state index contributed by atoms with van der Waals surface area (Å²) < 4.78 is 0. The largest absolute Gasteiger partial charge is 0.367 e. The molecule has 164 valence electrons. The van der Waals surface area contributed by atoms with Crippen molar-refractivity contribution in [2.45, 2.75) is 51.6 Å². The Balaban J connectivity index is 1.17. The summed E-state index contributed by atoms with van der Waals surface area (Å²) in [6.07, 6.45) is 10.3. The van der Waals surface area contributed by atoms with Gasteiger partial charge in [-0.05, 0) is 78.4 Å². The molecular weight excluding hydrogens is 397 g/mol. The van der Waals surface area contributed by atoms with Crippen molar-refractivity contribution in [1.82, 2.24) is 20.4 Å². The Kier molecular flexibility index (Phi) is 4.86. The smallest absolute Gasteiger partial charge is 0.229 e. The van der Waals surface area contributed by atoms with Gasteiger partial charge in [-0.3, -0.25) is 10.0 Å². The summed E-state index contributed by atoms with van der Waals surface area (Å²) in [6.45, 7) is 3.88. The molecule has 2 aromatic rings. The van der Waals surface area contributed by atoms with Gasteiger partial charge in [0, 0.05) is 17.9 Å². The second-order valence-corrected chi connectivity index (χ2v) is 10.5. The minimum absolute atomic E-state index is 0.475. The van der Waals surface area contributed by atoms with Crippen molar-refractivity contribution in [1.29, 1.82) is 0 Å². The van der Waals surface area contributed by atoms with Crippen LogP contribution in [-0.2, 0) is 6.54 Å². The Bertz CT molecular complexity index is 1020. The van der Waals surface area contributed by atoms with E-state index in [1.165, 1.54) is 37.7 Å². The molecule has 2 heterocycles. The number of rotatable bonds is 6. The molecule has 2 unspecified atom stereocenters. The summed E-state index contributed by atoms with van der Waals surface area (Å²) in [7, 11) is 6.29. The molecule has 32 heavy (non-hydrogen) atoms. The Morgan fingerprint density at radius 2 is 2.06 bits per heavy atom. The Hall–Kier alpha value is -2.61. The van der Waals surface area contributed by atoms with Gasteiger partial charge in [0.1, 0.15) is 26.7 Å². The van der Waals surface area contributed by atoms with Crippen LogP contribution in [0.15, 0.2) is 35.5 Å². The van der Waals surface area contributed by atoms with E-state index in [9.17, 15) is 0 Å². The lowest BCUT2D eigenvalue weighted by atomic mass is 9.48. The first kappa shape index (κ1) is 20.0. The van der Waals surface area contributed by atoms with E-state index >= 15 is 0 Å². The zero-order chi connectivity index (χ0) is 21.7. The zero-order valence-electron chi connectivity index (χ0n) is 18.6. The molecule has 1 aliphatic heterocycles. The van der Waals surface area contributed by atoms with E-state index in [1.807, 2.05) is 23.5 Å². The van der Waals surface area contributed by atoms with Crippen molar-refractivity contribution >= 4 is 37.1 Å². The third kappa shape index (κ3) is 3.85. The molecule has 3 N–H and O–H groups in total. The number of hydrazine groups is 1. The topological polar surface area (TPSA) is 77.5 Å². The van der Waals surface area contributed by atoms with E-state index in [0.29, 0.717) is 29.5 Å². The van der Waals surface area contributed by atoms with E-state index in [-0.39, 0.29) is 0 Å². The van der Waals surface area contributed by atoms with Gasteiger partial charge >= 0.3 is 0 Å². The van der Waals surface area contributed by atoms with Gasteiger partial charge in [0.25, 0.3) is 0 Å². The molecule has 4 aliphatic carbocycles. The SMILES string of the molecule is [B]c1cnc(Nc2cccc(CN3C=NCN3)c2)nc1NC1C2CC3CC1CC(C)(C3)C2.